The SMILES string of the molecule is Cc1c(C(=O)N2CCC(CC(=O)O)CC2)cnn1-c1cccc(C(F)(F)F)c1. The van der Waals surface area contributed by atoms with Crippen LogP contribution in [0.25, 0.3) is 5.69 Å². The quantitative estimate of drug-likeness (QED) is 0.860. The molecule has 0 unspecified atom stereocenters. The van der Waals surface area contributed by atoms with Gasteiger partial charge in [-0.15, -0.1) is 0 Å². The molecule has 3 rings (SSSR count). The monoisotopic (exact) mass is 395 g/mol. The molecule has 28 heavy (non-hydrogen) atoms. The molecule has 1 aromatic carbocycles. The van der Waals surface area contributed by atoms with Gasteiger partial charge in [-0.2, -0.15) is 18.3 Å². The van der Waals surface area contributed by atoms with Crippen molar-refractivity contribution in [3.05, 3.63) is 47.3 Å². The number of alkyl halides is 3. The van der Waals surface area contributed by atoms with Gasteiger partial charge in [0.25, 0.3) is 5.91 Å². The van der Waals surface area contributed by atoms with Crippen LogP contribution in [-0.4, -0.2) is 44.8 Å². The summed E-state index contributed by atoms with van der Waals surface area (Å²) in [5, 5.41) is 13.0. The average molecular weight is 395 g/mol. The fraction of sp³-hybridized carbons (Fsp3) is 0.421. The second-order valence-corrected chi connectivity index (χ2v) is 6.94. The Hall–Kier alpha value is -2.84. The van der Waals surface area contributed by atoms with E-state index in [1.54, 1.807) is 11.8 Å². The van der Waals surface area contributed by atoms with Crippen molar-refractivity contribution >= 4 is 11.9 Å². The fourth-order valence-electron chi connectivity index (χ4n) is 3.45. The maximum absolute atomic E-state index is 12.9. The van der Waals surface area contributed by atoms with Crippen LogP contribution in [0.1, 0.15) is 40.9 Å². The van der Waals surface area contributed by atoms with Gasteiger partial charge in [0.2, 0.25) is 0 Å². The summed E-state index contributed by atoms with van der Waals surface area (Å²) in [7, 11) is 0. The normalized spacial score (nSPS) is 15.6. The number of hydrogen-bond acceptors (Lipinski definition) is 3. The fourth-order valence-corrected chi connectivity index (χ4v) is 3.45. The first-order valence-corrected chi connectivity index (χ1v) is 8.90. The number of aliphatic carboxylic acids is 1. The summed E-state index contributed by atoms with van der Waals surface area (Å²) in [6, 6.07) is 4.77. The molecule has 0 spiro atoms. The van der Waals surface area contributed by atoms with Crippen LogP contribution in [0.3, 0.4) is 0 Å². The van der Waals surface area contributed by atoms with E-state index in [4.69, 9.17) is 5.11 Å². The van der Waals surface area contributed by atoms with E-state index in [0.717, 1.165) is 12.1 Å². The summed E-state index contributed by atoms with van der Waals surface area (Å²) in [6.07, 6.45) is -1.79. The van der Waals surface area contributed by atoms with E-state index in [2.05, 4.69) is 5.10 Å². The van der Waals surface area contributed by atoms with E-state index in [0.29, 0.717) is 37.2 Å². The van der Waals surface area contributed by atoms with E-state index < -0.39 is 17.7 Å². The number of rotatable bonds is 4. The number of amides is 1. The molecule has 1 saturated heterocycles. The number of hydrogen-bond donors (Lipinski definition) is 1. The second kappa shape index (κ2) is 7.65. The first-order valence-electron chi connectivity index (χ1n) is 8.90. The Kier molecular flexibility index (Phi) is 5.44. The number of carbonyl (C=O) groups is 2. The molecule has 1 N–H and O–H groups in total. The van der Waals surface area contributed by atoms with Gasteiger partial charge in [0.1, 0.15) is 0 Å². The largest absolute Gasteiger partial charge is 0.481 e. The topological polar surface area (TPSA) is 75.4 Å². The van der Waals surface area contributed by atoms with Gasteiger partial charge in [-0.1, -0.05) is 6.07 Å². The Morgan fingerprint density at radius 1 is 1.25 bits per heavy atom. The molecule has 1 aromatic heterocycles. The van der Waals surface area contributed by atoms with Crippen molar-refractivity contribution in [2.45, 2.75) is 32.4 Å². The van der Waals surface area contributed by atoms with E-state index >= 15 is 0 Å². The molecule has 2 heterocycles. The molecule has 0 bridgehead atoms. The van der Waals surface area contributed by atoms with E-state index in [1.165, 1.54) is 23.0 Å². The van der Waals surface area contributed by atoms with Crippen molar-refractivity contribution in [1.82, 2.24) is 14.7 Å². The summed E-state index contributed by atoms with van der Waals surface area (Å²) in [4.78, 5) is 25.2. The Labute approximate surface area is 159 Å². The lowest BCUT2D eigenvalue weighted by atomic mass is 9.93. The van der Waals surface area contributed by atoms with Crippen molar-refractivity contribution in [3.8, 4) is 5.69 Å². The molecular formula is C19H20F3N3O3. The molecule has 0 radical (unpaired) electrons. The smallest absolute Gasteiger partial charge is 0.416 e. The van der Waals surface area contributed by atoms with E-state index in [1.807, 2.05) is 0 Å². The summed E-state index contributed by atoms with van der Waals surface area (Å²) < 4.78 is 40.2. The molecular weight excluding hydrogens is 375 g/mol. The number of carboxylic acid groups (broad SMARTS) is 1. The van der Waals surface area contributed by atoms with Crippen molar-refractivity contribution in [3.63, 3.8) is 0 Å². The third kappa shape index (κ3) is 4.18. The summed E-state index contributed by atoms with van der Waals surface area (Å²) in [6.45, 7) is 2.54. The van der Waals surface area contributed by atoms with Crippen LogP contribution in [-0.2, 0) is 11.0 Å². The first-order chi connectivity index (χ1) is 13.2. The van der Waals surface area contributed by atoms with Crippen LogP contribution in [0.2, 0.25) is 0 Å². The summed E-state index contributed by atoms with van der Waals surface area (Å²) >= 11 is 0. The van der Waals surface area contributed by atoms with Gasteiger partial charge in [-0.25, -0.2) is 4.68 Å². The average Bonchev–Trinajstić information content (AvgIpc) is 3.02. The Morgan fingerprint density at radius 3 is 2.54 bits per heavy atom. The zero-order valence-corrected chi connectivity index (χ0v) is 15.2. The number of carbonyl (C=O) groups excluding carboxylic acids is 1. The minimum Gasteiger partial charge on any atom is -0.481 e. The van der Waals surface area contributed by atoms with Crippen LogP contribution in [0, 0.1) is 12.8 Å². The highest BCUT2D eigenvalue weighted by Gasteiger charge is 2.31. The summed E-state index contributed by atoms with van der Waals surface area (Å²) in [5.74, 6) is -1.04. The molecule has 1 aliphatic rings. The highest BCUT2D eigenvalue weighted by Crippen LogP contribution is 2.31. The molecule has 0 saturated carbocycles. The molecule has 0 atom stereocenters. The number of aromatic nitrogens is 2. The number of piperidine rings is 1. The Morgan fingerprint density at radius 2 is 1.93 bits per heavy atom. The van der Waals surface area contributed by atoms with E-state index in [-0.39, 0.29) is 23.9 Å². The van der Waals surface area contributed by atoms with Gasteiger partial charge in [-0.05, 0) is 43.9 Å². The van der Waals surface area contributed by atoms with Gasteiger partial charge in [0, 0.05) is 19.5 Å². The van der Waals surface area contributed by atoms with Gasteiger partial charge < -0.3 is 10.0 Å². The molecule has 6 nitrogen and oxygen atoms in total. The van der Waals surface area contributed by atoms with Gasteiger partial charge in [0.15, 0.2) is 0 Å². The predicted octanol–water partition coefficient (Wildman–Crippen LogP) is 3.53. The highest BCUT2D eigenvalue weighted by atomic mass is 19.4. The lowest BCUT2D eigenvalue weighted by Gasteiger charge is -2.31. The molecule has 150 valence electrons. The third-order valence-corrected chi connectivity index (χ3v) is 5.02. The minimum absolute atomic E-state index is 0.0514. The number of nitrogens with zero attached hydrogens (tertiary/aromatic N) is 3. The minimum atomic E-state index is -4.46. The lowest BCUT2D eigenvalue weighted by molar-refractivity contribution is -0.139. The highest BCUT2D eigenvalue weighted by molar-refractivity contribution is 5.95. The zero-order chi connectivity index (χ0) is 20.5. The molecule has 1 amide bonds. The number of halogens is 3. The van der Waals surface area contributed by atoms with Crippen molar-refractivity contribution in [2.75, 3.05) is 13.1 Å². The van der Waals surface area contributed by atoms with Crippen molar-refractivity contribution < 1.29 is 27.9 Å². The number of carboxylic acids is 1. The molecule has 0 aliphatic carbocycles. The molecule has 1 aliphatic heterocycles. The summed E-state index contributed by atoms with van der Waals surface area (Å²) in [5.41, 5.74) is 0.228. The van der Waals surface area contributed by atoms with Crippen LogP contribution in [0.15, 0.2) is 30.5 Å². The maximum atomic E-state index is 12.9. The van der Waals surface area contributed by atoms with Gasteiger partial charge >= 0.3 is 12.1 Å². The molecule has 2 aromatic rings. The third-order valence-electron chi connectivity index (χ3n) is 5.02. The van der Waals surface area contributed by atoms with Crippen molar-refractivity contribution in [1.29, 1.82) is 0 Å². The van der Waals surface area contributed by atoms with Gasteiger partial charge in [0.05, 0.1) is 28.7 Å². The van der Waals surface area contributed by atoms with Crippen LogP contribution < -0.4 is 0 Å². The molecule has 1 fully saturated rings. The standard InChI is InChI=1S/C19H20F3N3O3/c1-12-16(18(28)24-7-5-13(6-8-24)9-17(26)27)11-23-25(12)15-4-2-3-14(10-15)19(20,21)22/h2-4,10-11,13H,5-9H2,1H3,(H,26,27). The van der Waals surface area contributed by atoms with Gasteiger partial charge in [-0.3, -0.25) is 9.59 Å². The number of benzene rings is 1. The Balaban J connectivity index is 1.77. The van der Waals surface area contributed by atoms with Crippen LogP contribution in [0.5, 0.6) is 0 Å². The van der Waals surface area contributed by atoms with Crippen LogP contribution in [0.4, 0.5) is 13.2 Å². The van der Waals surface area contributed by atoms with E-state index in [9.17, 15) is 22.8 Å². The second-order valence-electron chi connectivity index (χ2n) is 6.94. The Bertz CT molecular complexity index is 884. The lowest BCUT2D eigenvalue weighted by Crippen LogP contribution is -2.39. The maximum Gasteiger partial charge on any atom is 0.416 e. The number of likely N-dealkylation sites (tertiary alicyclic amines) is 1. The predicted molar refractivity (Wildman–Crippen MR) is 94.2 cm³/mol. The van der Waals surface area contributed by atoms with Crippen LogP contribution >= 0.6 is 0 Å². The first kappa shape index (κ1) is 19.9. The van der Waals surface area contributed by atoms with Crippen molar-refractivity contribution in [2.24, 2.45) is 5.92 Å². The zero-order valence-electron chi connectivity index (χ0n) is 15.2. The molecule has 9 heteroatoms.